The van der Waals surface area contributed by atoms with Gasteiger partial charge in [0.25, 0.3) is 0 Å². The van der Waals surface area contributed by atoms with E-state index >= 15 is 0 Å². The second kappa shape index (κ2) is 8.58. The van der Waals surface area contributed by atoms with E-state index in [1.807, 2.05) is 46.6 Å². The first-order chi connectivity index (χ1) is 13.9. The molecule has 1 saturated heterocycles. The van der Waals surface area contributed by atoms with E-state index in [4.69, 9.17) is 0 Å². The standard InChI is InChI=1S/C18H20N4O3S4/c1-21-17(15-5-3-8-27-15)19-20-18(21)28-11-16(23)22(10-14-4-2-7-26-14)13-6-9-29(24,25)12-13/h2-5,7-8,13H,6,9-12H2,1H3. The molecule has 1 atom stereocenters. The Bertz CT molecular complexity index is 1070. The van der Waals surface area contributed by atoms with Crippen LogP contribution in [0.25, 0.3) is 10.7 Å². The number of amides is 1. The third-order valence-corrected chi connectivity index (χ3v) is 9.26. The predicted molar refractivity (Wildman–Crippen MR) is 117 cm³/mol. The van der Waals surface area contributed by atoms with Gasteiger partial charge in [-0.1, -0.05) is 23.9 Å². The predicted octanol–water partition coefficient (Wildman–Crippen LogP) is 2.91. The van der Waals surface area contributed by atoms with Crippen LogP contribution >= 0.6 is 34.4 Å². The fourth-order valence-corrected chi connectivity index (χ4v) is 7.26. The Hall–Kier alpha value is -1.69. The maximum atomic E-state index is 13.0. The van der Waals surface area contributed by atoms with Crippen molar-refractivity contribution in [1.82, 2.24) is 19.7 Å². The second-order valence-electron chi connectivity index (χ2n) is 6.79. The van der Waals surface area contributed by atoms with Gasteiger partial charge in [0, 0.05) is 18.0 Å². The Kier molecular flexibility index (Phi) is 6.09. The zero-order valence-corrected chi connectivity index (χ0v) is 19.0. The van der Waals surface area contributed by atoms with Crippen molar-refractivity contribution in [2.45, 2.75) is 24.2 Å². The van der Waals surface area contributed by atoms with E-state index in [-0.39, 0.29) is 29.2 Å². The van der Waals surface area contributed by atoms with Crippen LogP contribution in [-0.4, -0.2) is 57.3 Å². The van der Waals surface area contributed by atoms with Crippen LogP contribution in [0.2, 0.25) is 0 Å². The Morgan fingerprint density at radius 3 is 2.72 bits per heavy atom. The summed E-state index contributed by atoms with van der Waals surface area (Å²) in [6.45, 7) is 0.441. The van der Waals surface area contributed by atoms with Gasteiger partial charge in [0.05, 0.1) is 28.7 Å². The fraction of sp³-hybridized carbons (Fsp3) is 0.389. The Morgan fingerprint density at radius 1 is 1.28 bits per heavy atom. The van der Waals surface area contributed by atoms with E-state index in [1.165, 1.54) is 11.8 Å². The lowest BCUT2D eigenvalue weighted by molar-refractivity contribution is -0.130. The number of sulfone groups is 1. The second-order valence-corrected chi connectivity index (χ2v) is 11.9. The van der Waals surface area contributed by atoms with E-state index in [0.717, 1.165) is 15.6 Å². The molecule has 1 aliphatic rings. The van der Waals surface area contributed by atoms with Crippen LogP contribution in [0.15, 0.2) is 40.2 Å². The van der Waals surface area contributed by atoms with Gasteiger partial charge in [-0.15, -0.1) is 32.9 Å². The average molecular weight is 469 g/mol. The van der Waals surface area contributed by atoms with Crippen molar-refractivity contribution in [3.63, 3.8) is 0 Å². The van der Waals surface area contributed by atoms with E-state index in [9.17, 15) is 13.2 Å². The van der Waals surface area contributed by atoms with Crippen LogP contribution in [0.5, 0.6) is 0 Å². The molecule has 4 rings (SSSR count). The lowest BCUT2D eigenvalue weighted by atomic mass is 10.2. The molecule has 1 fully saturated rings. The SMILES string of the molecule is Cn1c(SCC(=O)N(Cc2cccs2)C2CCS(=O)(=O)C2)nnc1-c1cccs1. The molecule has 154 valence electrons. The first-order valence-corrected chi connectivity index (χ1v) is 13.6. The maximum absolute atomic E-state index is 13.0. The molecule has 7 nitrogen and oxygen atoms in total. The molecule has 1 unspecified atom stereocenters. The number of thiophene rings is 2. The number of aromatic nitrogens is 3. The highest BCUT2D eigenvalue weighted by atomic mass is 32.2. The van der Waals surface area contributed by atoms with Crippen LogP contribution in [-0.2, 0) is 28.2 Å². The van der Waals surface area contributed by atoms with Crippen LogP contribution in [0.4, 0.5) is 0 Å². The van der Waals surface area contributed by atoms with Crippen molar-refractivity contribution in [2.24, 2.45) is 7.05 Å². The van der Waals surface area contributed by atoms with Gasteiger partial charge in [0.15, 0.2) is 20.8 Å². The minimum Gasteiger partial charge on any atom is -0.333 e. The quantitative estimate of drug-likeness (QED) is 0.496. The van der Waals surface area contributed by atoms with Crippen molar-refractivity contribution >= 4 is 50.2 Å². The monoisotopic (exact) mass is 468 g/mol. The van der Waals surface area contributed by atoms with E-state index < -0.39 is 9.84 Å². The molecule has 0 spiro atoms. The topological polar surface area (TPSA) is 85.2 Å². The largest absolute Gasteiger partial charge is 0.333 e. The zero-order valence-electron chi connectivity index (χ0n) is 15.7. The summed E-state index contributed by atoms with van der Waals surface area (Å²) in [5.41, 5.74) is 0. The molecule has 29 heavy (non-hydrogen) atoms. The molecule has 3 aromatic rings. The fourth-order valence-electron chi connectivity index (χ4n) is 3.28. The zero-order chi connectivity index (χ0) is 20.4. The van der Waals surface area contributed by atoms with Crippen molar-refractivity contribution in [1.29, 1.82) is 0 Å². The molecule has 0 aromatic carbocycles. The molecule has 0 bridgehead atoms. The van der Waals surface area contributed by atoms with Gasteiger partial charge >= 0.3 is 0 Å². The van der Waals surface area contributed by atoms with Crippen LogP contribution < -0.4 is 0 Å². The summed E-state index contributed by atoms with van der Waals surface area (Å²) in [6, 6.07) is 7.59. The van der Waals surface area contributed by atoms with Gasteiger partial charge in [0.1, 0.15) is 0 Å². The summed E-state index contributed by atoms with van der Waals surface area (Å²) >= 11 is 4.49. The summed E-state index contributed by atoms with van der Waals surface area (Å²) in [4.78, 5) is 16.8. The lowest BCUT2D eigenvalue weighted by Gasteiger charge is -2.27. The average Bonchev–Trinajstić information content (AvgIpc) is 3.46. The molecule has 0 aliphatic carbocycles. The molecule has 0 saturated carbocycles. The smallest absolute Gasteiger partial charge is 0.233 e. The van der Waals surface area contributed by atoms with Gasteiger partial charge in [-0.3, -0.25) is 4.79 Å². The Labute approximate surface area is 181 Å². The molecule has 1 aliphatic heterocycles. The molecule has 4 heterocycles. The number of nitrogens with zero attached hydrogens (tertiary/aromatic N) is 4. The van der Waals surface area contributed by atoms with Crippen molar-refractivity contribution in [3.05, 3.63) is 39.9 Å². The summed E-state index contributed by atoms with van der Waals surface area (Å²) in [6.07, 6.45) is 0.497. The van der Waals surface area contributed by atoms with Crippen LogP contribution in [0, 0.1) is 0 Å². The molecule has 3 aromatic heterocycles. The third-order valence-electron chi connectivity index (χ3n) is 4.78. The lowest BCUT2D eigenvalue weighted by Crippen LogP contribution is -2.41. The van der Waals surface area contributed by atoms with Crippen LogP contribution in [0.1, 0.15) is 11.3 Å². The van der Waals surface area contributed by atoms with Crippen molar-refractivity contribution in [3.8, 4) is 10.7 Å². The number of hydrogen-bond donors (Lipinski definition) is 0. The van der Waals surface area contributed by atoms with Gasteiger partial charge < -0.3 is 9.47 Å². The maximum Gasteiger partial charge on any atom is 0.233 e. The normalized spacial score (nSPS) is 18.2. The number of carbonyl (C=O) groups is 1. The van der Waals surface area contributed by atoms with E-state index in [2.05, 4.69) is 10.2 Å². The highest BCUT2D eigenvalue weighted by Gasteiger charge is 2.34. The summed E-state index contributed by atoms with van der Waals surface area (Å²) in [5, 5.41) is 13.1. The molecule has 0 N–H and O–H groups in total. The summed E-state index contributed by atoms with van der Waals surface area (Å²) in [5.74, 6) is 1.07. The van der Waals surface area contributed by atoms with Crippen LogP contribution in [0.3, 0.4) is 0 Å². The van der Waals surface area contributed by atoms with Crippen molar-refractivity contribution in [2.75, 3.05) is 17.3 Å². The highest BCUT2D eigenvalue weighted by Crippen LogP contribution is 2.27. The van der Waals surface area contributed by atoms with E-state index in [0.29, 0.717) is 18.1 Å². The van der Waals surface area contributed by atoms with Gasteiger partial charge in [-0.05, 0) is 29.3 Å². The van der Waals surface area contributed by atoms with Gasteiger partial charge in [-0.25, -0.2) is 8.42 Å². The minimum atomic E-state index is -3.07. The number of rotatable bonds is 7. The number of carbonyl (C=O) groups excluding carboxylic acids is 1. The summed E-state index contributed by atoms with van der Waals surface area (Å²) < 4.78 is 25.8. The molecular weight excluding hydrogens is 448 g/mol. The Morgan fingerprint density at radius 2 is 2.07 bits per heavy atom. The van der Waals surface area contributed by atoms with E-state index in [1.54, 1.807) is 27.6 Å². The van der Waals surface area contributed by atoms with Crippen molar-refractivity contribution < 1.29 is 13.2 Å². The minimum absolute atomic E-state index is 0.0429. The van der Waals surface area contributed by atoms with Gasteiger partial charge in [-0.2, -0.15) is 0 Å². The molecular formula is C18H20N4O3S4. The molecule has 11 heteroatoms. The van der Waals surface area contributed by atoms with Gasteiger partial charge in [0.2, 0.25) is 5.91 Å². The summed E-state index contributed by atoms with van der Waals surface area (Å²) in [7, 11) is -1.19. The molecule has 0 radical (unpaired) electrons. The third kappa shape index (κ3) is 4.73. The molecule has 1 amide bonds. The Balaban J connectivity index is 1.47. The number of thioether (sulfide) groups is 1. The highest BCUT2D eigenvalue weighted by molar-refractivity contribution is 7.99. The first-order valence-electron chi connectivity index (χ1n) is 9.01. The number of hydrogen-bond acceptors (Lipinski definition) is 8. The first kappa shape index (κ1) is 20.6.